The fourth-order valence-corrected chi connectivity index (χ4v) is 3.49. The van der Waals surface area contributed by atoms with Crippen LogP contribution in [0.5, 0.6) is 5.75 Å². The highest BCUT2D eigenvalue weighted by Crippen LogP contribution is 2.21. The van der Waals surface area contributed by atoms with Crippen LogP contribution in [0, 0.1) is 0 Å². The summed E-state index contributed by atoms with van der Waals surface area (Å²) in [5.74, 6) is -0.450. The number of carboxylic acid groups (broad SMARTS) is 1. The van der Waals surface area contributed by atoms with E-state index in [2.05, 4.69) is 4.98 Å². The monoisotopic (exact) mass is 426 g/mol. The molecule has 0 radical (unpaired) electrons. The minimum Gasteiger partial charge on any atom is -0.497 e. The maximum absolute atomic E-state index is 13.4. The lowest BCUT2D eigenvalue weighted by Crippen LogP contribution is -2.30. The quantitative estimate of drug-likeness (QED) is 0.460. The van der Waals surface area contributed by atoms with Gasteiger partial charge in [0, 0.05) is 18.5 Å². The van der Waals surface area contributed by atoms with Crippen LogP contribution >= 0.6 is 0 Å². The van der Waals surface area contributed by atoms with Gasteiger partial charge in [0.2, 0.25) is 0 Å². The highest BCUT2D eigenvalue weighted by atomic mass is 16.5. The predicted molar refractivity (Wildman–Crippen MR) is 122 cm³/mol. The van der Waals surface area contributed by atoms with Gasteiger partial charge in [-0.3, -0.25) is 4.79 Å². The van der Waals surface area contributed by atoms with Crippen molar-refractivity contribution < 1.29 is 19.4 Å². The molecular formula is C26H22N2O4. The molecule has 0 aliphatic carbocycles. The van der Waals surface area contributed by atoms with Gasteiger partial charge in [-0.05, 0) is 47.5 Å². The number of rotatable bonds is 7. The molecule has 4 aromatic rings. The number of aromatic nitrogens is 1. The van der Waals surface area contributed by atoms with E-state index in [1.54, 1.807) is 42.3 Å². The second-order valence-corrected chi connectivity index (χ2v) is 7.40. The highest BCUT2D eigenvalue weighted by molar-refractivity contribution is 5.95. The van der Waals surface area contributed by atoms with Crippen LogP contribution < -0.4 is 4.74 Å². The molecule has 0 unspecified atom stereocenters. The number of aromatic carboxylic acids is 1. The van der Waals surface area contributed by atoms with Gasteiger partial charge in [-0.25, -0.2) is 9.78 Å². The summed E-state index contributed by atoms with van der Waals surface area (Å²) in [5, 5.41) is 10.0. The summed E-state index contributed by atoms with van der Waals surface area (Å²) in [6, 6.07) is 25.4. The van der Waals surface area contributed by atoms with Gasteiger partial charge in [0.05, 0.1) is 18.2 Å². The van der Waals surface area contributed by atoms with E-state index in [1.165, 1.54) is 0 Å². The van der Waals surface area contributed by atoms with E-state index >= 15 is 0 Å². The van der Waals surface area contributed by atoms with Crippen LogP contribution in [0.4, 0.5) is 0 Å². The van der Waals surface area contributed by atoms with Crippen molar-refractivity contribution in [3.63, 3.8) is 0 Å². The van der Waals surface area contributed by atoms with Gasteiger partial charge in [-0.2, -0.15) is 0 Å². The molecule has 0 bridgehead atoms. The van der Waals surface area contributed by atoms with Crippen LogP contribution in [0.15, 0.2) is 84.9 Å². The number of carboxylic acids is 1. The van der Waals surface area contributed by atoms with Gasteiger partial charge in [-0.1, -0.05) is 48.5 Å². The van der Waals surface area contributed by atoms with Crippen molar-refractivity contribution in [1.82, 2.24) is 9.88 Å². The zero-order valence-corrected chi connectivity index (χ0v) is 17.6. The van der Waals surface area contributed by atoms with Crippen molar-refractivity contribution in [3.8, 4) is 5.75 Å². The molecule has 0 atom stereocenters. The van der Waals surface area contributed by atoms with Crippen molar-refractivity contribution >= 4 is 22.8 Å². The first-order chi connectivity index (χ1) is 15.5. The Morgan fingerprint density at radius 1 is 0.875 bits per heavy atom. The summed E-state index contributed by atoms with van der Waals surface area (Å²) < 4.78 is 5.25. The molecule has 3 aromatic carbocycles. The number of hydrogen-bond donors (Lipinski definition) is 1. The zero-order chi connectivity index (χ0) is 22.5. The Hall–Kier alpha value is -4.19. The van der Waals surface area contributed by atoms with E-state index < -0.39 is 5.97 Å². The van der Waals surface area contributed by atoms with Gasteiger partial charge in [0.15, 0.2) is 0 Å². The third kappa shape index (κ3) is 4.75. The lowest BCUT2D eigenvalue weighted by atomic mass is 10.1. The number of ether oxygens (including phenoxy) is 1. The third-order valence-corrected chi connectivity index (χ3v) is 5.19. The molecule has 0 saturated heterocycles. The molecule has 0 aliphatic heterocycles. The molecule has 0 saturated carbocycles. The molecule has 1 amide bonds. The van der Waals surface area contributed by atoms with Crippen LogP contribution in [0.25, 0.3) is 10.9 Å². The maximum Gasteiger partial charge on any atom is 0.335 e. The number of pyridine rings is 1. The fourth-order valence-electron chi connectivity index (χ4n) is 3.49. The minimum atomic E-state index is -0.981. The number of methoxy groups -OCH3 is 1. The van der Waals surface area contributed by atoms with Gasteiger partial charge < -0.3 is 14.7 Å². The second-order valence-electron chi connectivity index (χ2n) is 7.40. The van der Waals surface area contributed by atoms with E-state index in [9.17, 15) is 9.59 Å². The maximum atomic E-state index is 13.4. The van der Waals surface area contributed by atoms with Crippen molar-refractivity contribution in [1.29, 1.82) is 0 Å². The lowest BCUT2D eigenvalue weighted by Gasteiger charge is -2.23. The van der Waals surface area contributed by atoms with E-state index in [-0.39, 0.29) is 11.5 Å². The molecule has 0 fully saturated rings. The molecule has 1 heterocycles. The van der Waals surface area contributed by atoms with Crippen molar-refractivity contribution in [2.75, 3.05) is 7.11 Å². The first-order valence-electron chi connectivity index (χ1n) is 10.1. The van der Waals surface area contributed by atoms with Crippen molar-refractivity contribution in [2.45, 2.75) is 13.1 Å². The Morgan fingerprint density at radius 2 is 1.56 bits per heavy atom. The summed E-state index contributed by atoms with van der Waals surface area (Å²) in [5.41, 5.74) is 3.10. The summed E-state index contributed by atoms with van der Waals surface area (Å²) in [6.45, 7) is 0.735. The summed E-state index contributed by atoms with van der Waals surface area (Å²) in [7, 11) is 1.61. The molecule has 1 aromatic heterocycles. The van der Waals surface area contributed by atoms with Gasteiger partial charge in [0.1, 0.15) is 11.4 Å². The van der Waals surface area contributed by atoms with Crippen LogP contribution in [-0.2, 0) is 13.1 Å². The molecular weight excluding hydrogens is 404 g/mol. The molecule has 6 nitrogen and oxygen atoms in total. The Bertz CT molecular complexity index is 1250. The van der Waals surface area contributed by atoms with E-state index in [0.29, 0.717) is 24.3 Å². The van der Waals surface area contributed by atoms with Crippen LogP contribution in [0.3, 0.4) is 0 Å². The van der Waals surface area contributed by atoms with Gasteiger partial charge >= 0.3 is 5.97 Å². The average Bonchev–Trinajstić information content (AvgIpc) is 2.83. The van der Waals surface area contributed by atoms with Crippen LogP contribution in [0.2, 0.25) is 0 Å². The first-order valence-corrected chi connectivity index (χ1v) is 10.1. The van der Waals surface area contributed by atoms with E-state index in [1.807, 2.05) is 54.6 Å². The number of carbonyl (C=O) groups is 2. The number of fused-ring (bicyclic) bond motifs is 1. The molecule has 1 N–H and O–H groups in total. The molecule has 0 aliphatic rings. The predicted octanol–water partition coefficient (Wildman–Crippen LogP) is 4.78. The molecule has 0 spiro atoms. The van der Waals surface area contributed by atoms with E-state index in [0.717, 1.165) is 22.3 Å². The number of benzene rings is 3. The topological polar surface area (TPSA) is 79.7 Å². The summed E-state index contributed by atoms with van der Waals surface area (Å²) >= 11 is 0. The first kappa shape index (κ1) is 21.1. The Kier molecular flexibility index (Phi) is 6.12. The number of carbonyl (C=O) groups excluding carboxylic acids is 1. The Morgan fingerprint density at radius 3 is 2.22 bits per heavy atom. The standard InChI is InChI=1S/C26H22N2O4/c1-32-22-12-14-23-21(15-22)11-13-24(27-23)25(29)28(16-18-5-3-2-4-6-18)17-19-7-9-20(10-8-19)26(30)31/h2-15H,16-17H2,1H3,(H,30,31). The molecule has 4 rings (SSSR count). The Balaban J connectivity index is 1.64. The normalized spacial score (nSPS) is 10.7. The smallest absolute Gasteiger partial charge is 0.335 e. The number of amides is 1. The van der Waals surface area contributed by atoms with Gasteiger partial charge in [-0.15, -0.1) is 0 Å². The Labute approximate surface area is 185 Å². The second kappa shape index (κ2) is 9.31. The third-order valence-electron chi connectivity index (χ3n) is 5.19. The van der Waals surface area contributed by atoms with Crippen molar-refractivity contribution in [3.05, 3.63) is 107 Å². The van der Waals surface area contributed by atoms with Crippen LogP contribution in [0.1, 0.15) is 32.0 Å². The minimum absolute atomic E-state index is 0.200. The molecule has 6 heteroatoms. The number of hydrogen-bond acceptors (Lipinski definition) is 4. The van der Waals surface area contributed by atoms with Crippen LogP contribution in [-0.4, -0.2) is 34.0 Å². The number of nitrogens with zero attached hydrogens (tertiary/aromatic N) is 2. The highest BCUT2D eigenvalue weighted by Gasteiger charge is 2.19. The summed E-state index contributed by atoms with van der Waals surface area (Å²) in [4.78, 5) is 30.9. The largest absolute Gasteiger partial charge is 0.497 e. The molecule has 160 valence electrons. The molecule has 32 heavy (non-hydrogen) atoms. The zero-order valence-electron chi connectivity index (χ0n) is 17.6. The van der Waals surface area contributed by atoms with E-state index in [4.69, 9.17) is 9.84 Å². The summed E-state index contributed by atoms with van der Waals surface area (Å²) in [6.07, 6.45) is 0. The van der Waals surface area contributed by atoms with Gasteiger partial charge in [0.25, 0.3) is 5.91 Å². The fraction of sp³-hybridized carbons (Fsp3) is 0.115. The lowest BCUT2D eigenvalue weighted by molar-refractivity contribution is 0.0693. The average molecular weight is 426 g/mol. The van der Waals surface area contributed by atoms with Crippen molar-refractivity contribution in [2.24, 2.45) is 0 Å². The SMILES string of the molecule is COc1ccc2nc(C(=O)N(Cc3ccccc3)Cc3ccc(C(=O)O)cc3)ccc2c1.